The number of nitrogens with one attached hydrogen (secondary N) is 1. The molecule has 3 amide bonds. The van der Waals surface area contributed by atoms with Gasteiger partial charge in [0, 0.05) is 5.69 Å². The fourth-order valence-electron chi connectivity index (χ4n) is 5.79. The van der Waals surface area contributed by atoms with Crippen LogP contribution in [0.4, 0.5) is 11.4 Å². The third-order valence-corrected chi connectivity index (χ3v) is 7.26. The first kappa shape index (κ1) is 21.4. The van der Waals surface area contributed by atoms with Crippen LogP contribution in [0.2, 0.25) is 0 Å². The van der Waals surface area contributed by atoms with E-state index in [9.17, 15) is 19.2 Å². The number of nitrogens with zero attached hydrogens (tertiary/aromatic N) is 1. The molecule has 7 nitrogen and oxygen atoms in total. The number of fused-ring (bicyclic) bond motifs is 5. The SMILES string of the molecule is Cc1ccc(NC(=O)COC(=O)c2cccc(N3C(=O)[C@H]4[C@H]5CC[C@@H](C5)[C@@H]4C3=O)c2)c(C)c1. The maximum absolute atomic E-state index is 13.0. The Morgan fingerprint density at radius 2 is 1.70 bits per heavy atom. The Morgan fingerprint density at radius 3 is 2.36 bits per heavy atom. The van der Waals surface area contributed by atoms with Gasteiger partial charge in [0.05, 0.1) is 23.1 Å². The Labute approximate surface area is 192 Å². The van der Waals surface area contributed by atoms with E-state index in [4.69, 9.17) is 4.74 Å². The van der Waals surface area contributed by atoms with Gasteiger partial charge in [-0.25, -0.2) is 4.79 Å². The molecule has 1 aliphatic heterocycles. The number of esters is 1. The zero-order valence-electron chi connectivity index (χ0n) is 18.7. The summed E-state index contributed by atoms with van der Waals surface area (Å²) in [5.74, 6) is -1.30. The van der Waals surface area contributed by atoms with E-state index in [2.05, 4.69) is 5.32 Å². The number of ether oxygens (including phenoxy) is 1. The Bertz CT molecular complexity index is 1150. The van der Waals surface area contributed by atoms with Gasteiger partial charge in [0.15, 0.2) is 6.61 Å². The van der Waals surface area contributed by atoms with Gasteiger partial charge in [0.1, 0.15) is 0 Å². The van der Waals surface area contributed by atoms with Crippen molar-refractivity contribution in [3.8, 4) is 0 Å². The predicted octanol–water partition coefficient (Wildman–Crippen LogP) is 3.63. The van der Waals surface area contributed by atoms with Crippen molar-refractivity contribution in [2.24, 2.45) is 23.7 Å². The Hall–Kier alpha value is -3.48. The lowest BCUT2D eigenvalue weighted by molar-refractivity contribution is -0.123. The second-order valence-corrected chi connectivity index (χ2v) is 9.39. The van der Waals surface area contributed by atoms with Crippen molar-refractivity contribution in [2.45, 2.75) is 33.1 Å². The van der Waals surface area contributed by atoms with Gasteiger partial charge in [-0.3, -0.25) is 19.3 Å². The summed E-state index contributed by atoms with van der Waals surface area (Å²) in [4.78, 5) is 52.1. The molecule has 0 radical (unpaired) electrons. The summed E-state index contributed by atoms with van der Waals surface area (Å²) in [5, 5.41) is 2.73. The van der Waals surface area contributed by atoms with Gasteiger partial charge in [0.25, 0.3) is 5.91 Å². The topological polar surface area (TPSA) is 92.8 Å². The Morgan fingerprint density at radius 1 is 1.00 bits per heavy atom. The van der Waals surface area contributed by atoms with Gasteiger partial charge >= 0.3 is 5.97 Å². The Balaban J connectivity index is 1.25. The maximum atomic E-state index is 13.0. The first-order valence-electron chi connectivity index (χ1n) is 11.4. The number of carbonyl (C=O) groups excluding carboxylic acids is 4. The molecule has 2 aromatic rings. The molecule has 7 heteroatoms. The highest BCUT2D eigenvalue weighted by Gasteiger charge is 2.61. The largest absolute Gasteiger partial charge is 0.452 e. The van der Waals surface area contributed by atoms with Crippen molar-refractivity contribution in [3.05, 3.63) is 59.2 Å². The summed E-state index contributed by atoms with van der Waals surface area (Å²) < 4.78 is 5.18. The molecular formula is C26H26N2O5. The molecule has 1 heterocycles. The second kappa shape index (κ2) is 8.14. The fourth-order valence-corrected chi connectivity index (χ4v) is 5.79. The van der Waals surface area contributed by atoms with Gasteiger partial charge in [-0.1, -0.05) is 23.8 Å². The highest BCUT2D eigenvalue weighted by molar-refractivity contribution is 6.22. The average Bonchev–Trinajstić information content (AvgIpc) is 3.48. The quantitative estimate of drug-likeness (QED) is 0.559. The summed E-state index contributed by atoms with van der Waals surface area (Å²) in [6, 6.07) is 12.0. The van der Waals surface area contributed by atoms with Gasteiger partial charge in [-0.15, -0.1) is 0 Å². The number of benzene rings is 2. The molecule has 170 valence electrons. The minimum Gasteiger partial charge on any atom is -0.452 e. The predicted molar refractivity (Wildman–Crippen MR) is 122 cm³/mol. The van der Waals surface area contributed by atoms with Gasteiger partial charge in [0.2, 0.25) is 11.8 Å². The molecule has 0 unspecified atom stereocenters. The van der Waals surface area contributed by atoms with E-state index < -0.39 is 18.5 Å². The van der Waals surface area contributed by atoms with Crippen LogP contribution in [0, 0.1) is 37.5 Å². The van der Waals surface area contributed by atoms with E-state index in [1.807, 2.05) is 26.0 Å². The standard InChI is InChI=1S/C26H26N2O5/c1-14-6-9-20(15(2)10-14)27-21(29)13-33-26(32)18-4-3-5-19(12-18)28-24(30)22-16-7-8-17(11-16)23(22)25(28)31/h3-6,9-10,12,16-17,22-23H,7-8,11,13H2,1-2H3,(H,27,29)/t16-,17-,22-,23-/m0/s1. The number of rotatable bonds is 5. The van der Waals surface area contributed by atoms with Crippen LogP contribution in [0.5, 0.6) is 0 Å². The van der Waals surface area contributed by atoms with Crippen LogP contribution >= 0.6 is 0 Å². The molecular weight excluding hydrogens is 420 g/mol. The summed E-state index contributed by atoms with van der Waals surface area (Å²) in [5.41, 5.74) is 3.23. The van der Waals surface area contributed by atoms with Crippen LogP contribution in [0.1, 0.15) is 40.7 Å². The summed E-state index contributed by atoms with van der Waals surface area (Å²) >= 11 is 0. The van der Waals surface area contributed by atoms with E-state index in [0.717, 1.165) is 30.4 Å². The number of carbonyl (C=O) groups is 4. The van der Waals surface area contributed by atoms with E-state index in [-0.39, 0.29) is 29.2 Å². The summed E-state index contributed by atoms with van der Waals surface area (Å²) in [6.45, 7) is 3.42. The van der Waals surface area contributed by atoms with Crippen molar-refractivity contribution in [1.82, 2.24) is 0 Å². The molecule has 5 rings (SSSR count). The van der Waals surface area contributed by atoms with Gasteiger partial charge in [-0.05, 0) is 74.8 Å². The second-order valence-electron chi connectivity index (χ2n) is 9.39. The lowest BCUT2D eigenvalue weighted by atomic mass is 9.81. The van der Waals surface area contributed by atoms with Crippen LogP contribution in [0.3, 0.4) is 0 Å². The van der Waals surface area contributed by atoms with E-state index in [1.54, 1.807) is 24.3 Å². The molecule has 0 spiro atoms. The maximum Gasteiger partial charge on any atom is 0.338 e. The average molecular weight is 447 g/mol. The third kappa shape index (κ3) is 3.71. The van der Waals surface area contributed by atoms with Crippen LogP contribution < -0.4 is 10.2 Å². The molecule has 4 atom stereocenters. The first-order chi connectivity index (χ1) is 15.8. The molecule has 33 heavy (non-hydrogen) atoms. The molecule has 2 saturated carbocycles. The van der Waals surface area contributed by atoms with Crippen molar-refractivity contribution in [3.63, 3.8) is 0 Å². The summed E-state index contributed by atoms with van der Waals surface area (Å²) in [7, 11) is 0. The van der Waals surface area contributed by atoms with Crippen LogP contribution in [-0.2, 0) is 19.1 Å². The first-order valence-corrected chi connectivity index (χ1v) is 11.4. The van der Waals surface area contributed by atoms with Gasteiger partial charge in [-0.2, -0.15) is 0 Å². The molecule has 3 aliphatic rings. The molecule has 0 aromatic heterocycles. The Kier molecular flexibility index (Phi) is 5.27. The number of amides is 3. The zero-order valence-corrected chi connectivity index (χ0v) is 18.7. The summed E-state index contributed by atoms with van der Waals surface area (Å²) in [6.07, 6.45) is 2.99. The molecule has 2 bridgehead atoms. The van der Waals surface area contributed by atoms with E-state index in [0.29, 0.717) is 23.2 Å². The van der Waals surface area contributed by atoms with Crippen LogP contribution in [0.25, 0.3) is 0 Å². The lowest BCUT2D eigenvalue weighted by Crippen LogP contribution is -2.32. The van der Waals surface area contributed by atoms with E-state index in [1.165, 1.54) is 11.0 Å². The van der Waals surface area contributed by atoms with Crippen LogP contribution in [-0.4, -0.2) is 30.3 Å². The molecule has 1 N–H and O–H groups in total. The monoisotopic (exact) mass is 446 g/mol. The smallest absolute Gasteiger partial charge is 0.338 e. The zero-order chi connectivity index (χ0) is 23.3. The fraction of sp³-hybridized carbons (Fsp3) is 0.385. The van der Waals surface area contributed by atoms with Crippen molar-refractivity contribution >= 4 is 35.1 Å². The molecule has 3 fully saturated rings. The highest BCUT2D eigenvalue weighted by Crippen LogP contribution is 2.56. The van der Waals surface area contributed by atoms with Crippen molar-refractivity contribution < 1.29 is 23.9 Å². The number of aryl methyl sites for hydroxylation is 2. The number of hydrogen-bond donors (Lipinski definition) is 1. The molecule has 2 aliphatic carbocycles. The third-order valence-electron chi connectivity index (χ3n) is 7.26. The molecule has 1 saturated heterocycles. The minimum atomic E-state index is -0.688. The number of anilines is 2. The lowest BCUT2D eigenvalue weighted by Gasteiger charge is -2.19. The van der Waals surface area contributed by atoms with Crippen molar-refractivity contribution in [1.29, 1.82) is 0 Å². The van der Waals surface area contributed by atoms with Gasteiger partial charge < -0.3 is 10.1 Å². The normalized spacial score (nSPS) is 25.3. The number of imide groups is 1. The number of hydrogen-bond acceptors (Lipinski definition) is 5. The van der Waals surface area contributed by atoms with Crippen LogP contribution in [0.15, 0.2) is 42.5 Å². The van der Waals surface area contributed by atoms with Crippen molar-refractivity contribution in [2.75, 3.05) is 16.8 Å². The van der Waals surface area contributed by atoms with E-state index >= 15 is 0 Å². The minimum absolute atomic E-state index is 0.157. The molecule has 2 aromatic carbocycles. The highest BCUT2D eigenvalue weighted by atomic mass is 16.5.